The summed E-state index contributed by atoms with van der Waals surface area (Å²) >= 11 is 0. The quantitative estimate of drug-likeness (QED) is 0.607. The van der Waals surface area contributed by atoms with Gasteiger partial charge in [-0.05, 0) is 30.6 Å². The topological polar surface area (TPSA) is 63.6 Å². The van der Waals surface area contributed by atoms with Gasteiger partial charge in [-0.15, -0.1) is 0 Å². The summed E-state index contributed by atoms with van der Waals surface area (Å²) in [5.41, 5.74) is 0.188. The Labute approximate surface area is 101 Å². The molecule has 0 unspecified atom stereocenters. The summed E-state index contributed by atoms with van der Waals surface area (Å²) < 4.78 is 5.37. The Morgan fingerprint density at radius 1 is 1.35 bits per heavy atom. The van der Waals surface area contributed by atoms with E-state index in [0.29, 0.717) is 5.92 Å². The number of carboxylic acid groups (broad SMARTS) is 1. The Morgan fingerprint density at radius 3 is 2.41 bits per heavy atom. The molecule has 1 N–H and O–H groups in total. The lowest BCUT2D eigenvalue weighted by Crippen LogP contribution is -2.38. The van der Waals surface area contributed by atoms with Crippen molar-refractivity contribution in [1.29, 1.82) is 0 Å². The number of carbonyl (C=O) groups is 2. The molecular weight excluding hydrogens is 220 g/mol. The largest absolute Gasteiger partial charge is 0.481 e. The van der Waals surface area contributed by atoms with Crippen molar-refractivity contribution in [2.45, 2.75) is 52.6 Å². The zero-order chi connectivity index (χ0) is 12.8. The van der Waals surface area contributed by atoms with E-state index >= 15 is 0 Å². The molecule has 0 aromatic heterocycles. The first-order chi connectivity index (χ1) is 7.77. The number of esters is 1. The number of carboxylic acids is 1. The minimum atomic E-state index is -1.12. The van der Waals surface area contributed by atoms with Gasteiger partial charge in [-0.25, -0.2) is 0 Å². The maximum Gasteiger partial charge on any atom is 0.317 e. The first kappa shape index (κ1) is 12.4. The van der Waals surface area contributed by atoms with Crippen molar-refractivity contribution in [3.8, 4) is 0 Å². The molecule has 2 aliphatic rings. The van der Waals surface area contributed by atoms with Crippen molar-refractivity contribution >= 4 is 11.9 Å². The molecule has 2 aliphatic carbocycles. The Morgan fingerprint density at radius 2 is 2.00 bits per heavy atom. The number of ether oxygens (including phenoxy) is 1. The van der Waals surface area contributed by atoms with Crippen LogP contribution in [0.15, 0.2) is 0 Å². The lowest BCUT2D eigenvalue weighted by molar-refractivity contribution is -0.161. The second kappa shape index (κ2) is 3.72. The number of carbonyl (C=O) groups excluding carboxylic acids is 1. The van der Waals surface area contributed by atoms with E-state index in [1.807, 2.05) is 0 Å². The molecule has 3 atom stereocenters. The molecule has 96 valence electrons. The highest BCUT2D eigenvalue weighted by atomic mass is 16.5. The minimum Gasteiger partial charge on any atom is -0.481 e. The predicted octanol–water partition coefficient (Wildman–Crippen LogP) is 2.22. The fourth-order valence-corrected chi connectivity index (χ4v) is 3.63. The van der Waals surface area contributed by atoms with E-state index in [1.165, 1.54) is 6.42 Å². The molecule has 4 nitrogen and oxygen atoms in total. The number of hydrogen-bond donors (Lipinski definition) is 1. The molecule has 2 rings (SSSR count). The molecule has 4 heteroatoms. The lowest BCUT2D eigenvalue weighted by atomic mass is 9.70. The van der Waals surface area contributed by atoms with E-state index in [1.54, 1.807) is 0 Å². The van der Waals surface area contributed by atoms with E-state index in [0.717, 1.165) is 12.8 Å². The first-order valence-electron chi connectivity index (χ1n) is 6.18. The third-order valence-electron chi connectivity index (χ3n) is 5.28. The van der Waals surface area contributed by atoms with Crippen molar-refractivity contribution in [2.24, 2.45) is 16.7 Å². The summed E-state index contributed by atoms with van der Waals surface area (Å²) in [4.78, 5) is 21.9. The third kappa shape index (κ3) is 1.74. The van der Waals surface area contributed by atoms with Crippen LogP contribution in [0.25, 0.3) is 0 Å². The highest BCUT2D eigenvalue weighted by Gasteiger charge is 2.62. The van der Waals surface area contributed by atoms with Crippen molar-refractivity contribution in [3.05, 3.63) is 0 Å². The maximum atomic E-state index is 11.4. The summed E-state index contributed by atoms with van der Waals surface area (Å²) in [7, 11) is 0. The van der Waals surface area contributed by atoms with Gasteiger partial charge in [0.2, 0.25) is 0 Å². The van der Waals surface area contributed by atoms with Crippen LogP contribution >= 0.6 is 0 Å². The van der Waals surface area contributed by atoms with Crippen LogP contribution < -0.4 is 0 Å². The van der Waals surface area contributed by atoms with Gasteiger partial charge in [0.05, 0.1) is 0 Å². The fourth-order valence-electron chi connectivity index (χ4n) is 3.63. The van der Waals surface area contributed by atoms with Crippen LogP contribution in [0.2, 0.25) is 0 Å². The standard InChI is InChI=1S/C13H20O4/c1-12(2)8-4-5-13(12,3)9(6-8)17-11(16)7-10(14)15/h8-9H,4-7H2,1-3H3,(H,14,15)/t8-,9+,13+/m1/s1. The van der Waals surface area contributed by atoms with Gasteiger partial charge in [0.1, 0.15) is 12.5 Å². The third-order valence-corrected chi connectivity index (χ3v) is 5.28. The fraction of sp³-hybridized carbons (Fsp3) is 0.846. The van der Waals surface area contributed by atoms with Gasteiger partial charge in [-0.1, -0.05) is 20.8 Å². The summed E-state index contributed by atoms with van der Waals surface area (Å²) in [6, 6.07) is 0. The summed E-state index contributed by atoms with van der Waals surface area (Å²) in [5.74, 6) is -1.13. The molecule has 17 heavy (non-hydrogen) atoms. The Bertz CT molecular complexity index is 360. The van der Waals surface area contributed by atoms with Crippen LogP contribution in [0.3, 0.4) is 0 Å². The van der Waals surface area contributed by atoms with Gasteiger partial charge in [0, 0.05) is 5.41 Å². The average Bonchev–Trinajstić information content (AvgIpc) is 2.49. The van der Waals surface area contributed by atoms with E-state index in [9.17, 15) is 9.59 Å². The maximum absolute atomic E-state index is 11.4. The van der Waals surface area contributed by atoms with Gasteiger partial charge in [-0.3, -0.25) is 9.59 Å². The molecule has 0 saturated heterocycles. The van der Waals surface area contributed by atoms with Crippen molar-refractivity contribution < 1.29 is 19.4 Å². The van der Waals surface area contributed by atoms with E-state index in [2.05, 4.69) is 20.8 Å². The highest BCUT2D eigenvalue weighted by Crippen LogP contribution is 2.66. The molecule has 2 bridgehead atoms. The zero-order valence-electron chi connectivity index (χ0n) is 10.7. The smallest absolute Gasteiger partial charge is 0.317 e. The van der Waals surface area contributed by atoms with E-state index < -0.39 is 18.4 Å². The molecule has 0 spiro atoms. The van der Waals surface area contributed by atoms with Gasteiger partial charge < -0.3 is 9.84 Å². The van der Waals surface area contributed by atoms with E-state index in [-0.39, 0.29) is 16.9 Å². The van der Waals surface area contributed by atoms with Gasteiger partial charge in [0.25, 0.3) is 0 Å². The van der Waals surface area contributed by atoms with Crippen molar-refractivity contribution in [3.63, 3.8) is 0 Å². The van der Waals surface area contributed by atoms with Crippen molar-refractivity contribution in [2.75, 3.05) is 0 Å². The van der Waals surface area contributed by atoms with Gasteiger partial charge >= 0.3 is 11.9 Å². The van der Waals surface area contributed by atoms with Crippen molar-refractivity contribution in [1.82, 2.24) is 0 Å². The van der Waals surface area contributed by atoms with Gasteiger partial charge in [-0.2, -0.15) is 0 Å². The minimum absolute atomic E-state index is 0.00578. The zero-order valence-corrected chi connectivity index (χ0v) is 10.7. The number of hydrogen-bond acceptors (Lipinski definition) is 3. The monoisotopic (exact) mass is 240 g/mol. The normalized spacial score (nSPS) is 38.1. The molecule has 2 fully saturated rings. The SMILES string of the molecule is CC1(C)[C@@H]2CC[C@@]1(C)[C@@H](OC(=O)CC(=O)O)C2. The Balaban J connectivity index is 2.06. The van der Waals surface area contributed by atoms with Crippen LogP contribution in [-0.4, -0.2) is 23.1 Å². The average molecular weight is 240 g/mol. The van der Waals surface area contributed by atoms with E-state index in [4.69, 9.17) is 9.84 Å². The molecule has 0 aromatic rings. The molecule has 0 heterocycles. The number of rotatable bonds is 3. The number of fused-ring (bicyclic) bond motifs is 2. The molecule has 0 amide bonds. The second-order valence-corrected chi connectivity index (χ2v) is 6.16. The summed E-state index contributed by atoms with van der Waals surface area (Å²) in [6.45, 7) is 6.63. The van der Waals surface area contributed by atoms with Crippen LogP contribution in [0.1, 0.15) is 46.5 Å². The molecule has 0 radical (unpaired) electrons. The number of aliphatic carboxylic acids is 1. The molecular formula is C13H20O4. The van der Waals surface area contributed by atoms with Crippen LogP contribution in [0.5, 0.6) is 0 Å². The lowest BCUT2D eigenvalue weighted by Gasteiger charge is -2.38. The molecule has 0 aliphatic heterocycles. The first-order valence-corrected chi connectivity index (χ1v) is 6.18. The van der Waals surface area contributed by atoms with Crippen LogP contribution in [0.4, 0.5) is 0 Å². The Hall–Kier alpha value is -1.06. The highest BCUT2D eigenvalue weighted by molar-refractivity contribution is 5.90. The molecule has 2 saturated carbocycles. The Kier molecular flexibility index (Phi) is 2.71. The van der Waals surface area contributed by atoms with Crippen LogP contribution in [0, 0.1) is 16.7 Å². The van der Waals surface area contributed by atoms with Crippen LogP contribution in [-0.2, 0) is 14.3 Å². The second-order valence-electron chi connectivity index (χ2n) is 6.16. The van der Waals surface area contributed by atoms with Gasteiger partial charge in [0.15, 0.2) is 0 Å². The molecule has 0 aromatic carbocycles. The predicted molar refractivity (Wildman–Crippen MR) is 61.4 cm³/mol. The summed E-state index contributed by atoms with van der Waals surface area (Å²) in [6.07, 6.45) is 2.50. The summed E-state index contributed by atoms with van der Waals surface area (Å²) in [5, 5.41) is 8.56.